The van der Waals surface area contributed by atoms with Gasteiger partial charge in [0.1, 0.15) is 0 Å². The number of thiophene rings is 2. The second-order valence-corrected chi connectivity index (χ2v) is 15.7. The van der Waals surface area contributed by atoms with Crippen molar-refractivity contribution < 1.29 is 0 Å². The van der Waals surface area contributed by atoms with Gasteiger partial charge >= 0.3 is 0 Å². The molecule has 0 saturated carbocycles. The van der Waals surface area contributed by atoms with E-state index >= 15 is 0 Å². The molecule has 0 bridgehead atoms. The van der Waals surface area contributed by atoms with Crippen molar-refractivity contribution >= 4 is 80.1 Å². The van der Waals surface area contributed by atoms with Crippen LogP contribution in [0.15, 0.2) is 158 Å². The van der Waals surface area contributed by atoms with Gasteiger partial charge in [0.15, 0.2) is 0 Å². The molecule has 242 valence electrons. The minimum Gasteiger partial charge on any atom is -0.310 e. The van der Waals surface area contributed by atoms with Gasteiger partial charge in [0.2, 0.25) is 0 Å². The summed E-state index contributed by atoms with van der Waals surface area (Å²) in [5.74, 6) is 0.369. The Morgan fingerprint density at radius 2 is 1.00 bits per heavy atom. The first-order valence-corrected chi connectivity index (χ1v) is 19.0. The van der Waals surface area contributed by atoms with E-state index in [1.165, 1.54) is 73.8 Å². The molecule has 2 heterocycles. The van der Waals surface area contributed by atoms with Crippen molar-refractivity contribution in [2.75, 3.05) is 4.90 Å². The number of aryl methyl sites for hydroxylation is 2. The molecule has 0 saturated heterocycles. The molecular weight excluding hydrogens is 643 g/mol. The van der Waals surface area contributed by atoms with Gasteiger partial charge in [0.25, 0.3) is 0 Å². The largest absolute Gasteiger partial charge is 0.310 e. The third kappa shape index (κ3) is 5.87. The van der Waals surface area contributed by atoms with E-state index in [2.05, 4.69) is 176 Å². The van der Waals surface area contributed by atoms with Crippen LogP contribution >= 0.6 is 22.7 Å². The second-order valence-electron chi connectivity index (χ2n) is 13.6. The average Bonchev–Trinajstić information content (AvgIpc) is 3.70. The molecule has 50 heavy (non-hydrogen) atoms. The highest BCUT2D eigenvalue weighted by Crippen LogP contribution is 2.42. The molecule has 0 aliphatic rings. The number of benzene rings is 7. The van der Waals surface area contributed by atoms with Crippen molar-refractivity contribution in [3.05, 3.63) is 186 Å². The van der Waals surface area contributed by atoms with Crippen molar-refractivity contribution in [2.24, 2.45) is 0 Å². The maximum atomic E-state index is 2.48. The van der Waals surface area contributed by atoms with Gasteiger partial charge in [-0.05, 0) is 122 Å². The summed E-state index contributed by atoms with van der Waals surface area (Å²) in [5, 5.41) is 5.40. The number of para-hydroxylation sites is 1. The van der Waals surface area contributed by atoms with Gasteiger partial charge in [-0.1, -0.05) is 96.1 Å². The first-order valence-electron chi connectivity index (χ1n) is 17.4. The number of nitrogens with zero attached hydrogens (tertiary/aromatic N) is 1. The Morgan fingerprint density at radius 3 is 1.78 bits per heavy atom. The highest BCUT2D eigenvalue weighted by Gasteiger charge is 2.18. The fourth-order valence-corrected chi connectivity index (χ4v) is 9.66. The zero-order valence-electron chi connectivity index (χ0n) is 28.3. The molecule has 2 aromatic heterocycles. The lowest BCUT2D eigenvalue weighted by molar-refractivity contribution is 0.681. The highest BCUT2D eigenvalue weighted by atomic mass is 32.1. The Morgan fingerprint density at radius 1 is 0.420 bits per heavy atom. The quantitative estimate of drug-likeness (QED) is 0.154. The Balaban J connectivity index is 1.09. The molecular formula is C47H37NS2. The third-order valence-electron chi connectivity index (χ3n) is 10.0. The first-order chi connectivity index (χ1) is 24.6. The van der Waals surface area contributed by atoms with E-state index in [1.807, 2.05) is 22.7 Å². The van der Waals surface area contributed by atoms with Crippen LogP contribution in [-0.4, -0.2) is 0 Å². The summed E-state index contributed by atoms with van der Waals surface area (Å²) < 4.78 is 5.41. The van der Waals surface area contributed by atoms with Crippen molar-refractivity contribution in [2.45, 2.75) is 32.6 Å². The predicted molar refractivity (Wildman–Crippen MR) is 219 cm³/mol. The molecule has 0 radical (unpaired) electrons. The van der Waals surface area contributed by atoms with Gasteiger partial charge in [-0.3, -0.25) is 0 Å². The van der Waals surface area contributed by atoms with Gasteiger partial charge in [-0.25, -0.2) is 0 Å². The summed E-state index contributed by atoms with van der Waals surface area (Å²) in [7, 11) is 0. The third-order valence-corrected chi connectivity index (χ3v) is 12.3. The highest BCUT2D eigenvalue weighted by molar-refractivity contribution is 7.26. The monoisotopic (exact) mass is 679 g/mol. The molecule has 7 aromatic carbocycles. The Kier molecular flexibility index (Phi) is 7.96. The van der Waals surface area contributed by atoms with Gasteiger partial charge in [0, 0.05) is 57.4 Å². The van der Waals surface area contributed by atoms with Crippen molar-refractivity contribution in [3.8, 4) is 0 Å². The van der Waals surface area contributed by atoms with Crippen LogP contribution < -0.4 is 4.90 Å². The number of anilines is 3. The lowest BCUT2D eigenvalue weighted by Crippen LogP contribution is -2.09. The van der Waals surface area contributed by atoms with E-state index in [-0.39, 0.29) is 0 Å². The fraction of sp³-hybridized carbons (Fsp3) is 0.106. The SMILES string of the molecule is Cc1ccc(N(c2ccccc2)c2ccc3sc4cc(CC(Cc5ccccc5)c5ccc6sc7ccc(C)cc7c6c5)ccc4c3c2)cc1. The number of fused-ring (bicyclic) bond motifs is 6. The Hall–Kier alpha value is -5.22. The van der Waals surface area contributed by atoms with Crippen molar-refractivity contribution in [1.29, 1.82) is 0 Å². The zero-order chi connectivity index (χ0) is 33.6. The van der Waals surface area contributed by atoms with Crippen LogP contribution in [0.25, 0.3) is 40.3 Å². The minimum atomic E-state index is 0.369. The molecule has 0 fully saturated rings. The van der Waals surface area contributed by atoms with Gasteiger partial charge in [-0.15, -0.1) is 22.7 Å². The van der Waals surface area contributed by atoms with Crippen LogP contribution in [0.3, 0.4) is 0 Å². The Labute approximate surface area is 301 Å². The second kappa shape index (κ2) is 12.9. The lowest BCUT2D eigenvalue weighted by atomic mass is 9.86. The van der Waals surface area contributed by atoms with Crippen LogP contribution in [0.1, 0.15) is 33.7 Å². The van der Waals surface area contributed by atoms with Crippen LogP contribution in [0.2, 0.25) is 0 Å². The van der Waals surface area contributed by atoms with Crippen LogP contribution in [0, 0.1) is 13.8 Å². The minimum absolute atomic E-state index is 0.369. The van der Waals surface area contributed by atoms with E-state index in [1.54, 1.807) is 0 Å². The van der Waals surface area contributed by atoms with E-state index in [0.29, 0.717) is 5.92 Å². The molecule has 3 heteroatoms. The average molecular weight is 680 g/mol. The summed E-state index contributed by atoms with van der Waals surface area (Å²) >= 11 is 3.81. The van der Waals surface area contributed by atoms with Crippen molar-refractivity contribution in [3.63, 3.8) is 0 Å². The van der Waals surface area contributed by atoms with Gasteiger partial charge < -0.3 is 4.90 Å². The molecule has 0 aliphatic heterocycles. The number of hydrogen-bond donors (Lipinski definition) is 0. The molecule has 0 amide bonds. The first kappa shape index (κ1) is 30.8. The molecule has 0 spiro atoms. The molecule has 1 unspecified atom stereocenters. The summed E-state index contributed by atoms with van der Waals surface area (Å²) in [6, 6.07) is 58.7. The summed E-state index contributed by atoms with van der Waals surface area (Å²) in [4.78, 5) is 2.36. The molecule has 9 aromatic rings. The topological polar surface area (TPSA) is 3.24 Å². The number of hydrogen-bond acceptors (Lipinski definition) is 3. The summed E-state index contributed by atoms with van der Waals surface area (Å²) in [6.45, 7) is 4.34. The van der Waals surface area contributed by atoms with Crippen LogP contribution in [0.4, 0.5) is 17.1 Å². The van der Waals surface area contributed by atoms with E-state index in [9.17, 15) is 0 Å². The maximum absolute atomic E-state index is 2.48. The molecule has 0 aliphatic carbocycles. The van der Waals surface area contributed by atoms with E-state index in [0.717, 1.165) is 24.2 Å². The zero-order valence-corrected chi connectivity index (χ0v) is 29.9. The van der Waals surface area contributed by atoms with E-state index < -0.39 is 0 Å². The predicted octanol–water partition coefficient (Wildman–Crippen LogP) is 14.1. The number of rotatable bonds is 8. The summed E-state index contributed by atoms with van der Waals surface area (Å²) in [5.41, 5.74) is 10.3. The molecule has 1 nitrogen and oxygen atoms in total. The van der Waals surface area contributed by atoms with E-state index in [4.69, 9.17) is 0 Å². The lowest BCUT2D eigenvalue weighted by Gasteiger charge is -2.25. The normalized spacial score (nSPS) is 12.3. The Bertz CT molecular complexity index is 2610. The van der Waals surface area contributed by atoms with Crippen LogP contribution in [-0.2, 0) is 12.8 Å². The fourth-order valence-electron chi connectivity index (χ4n) is 7.45. The van der Waals surface area contributed by atoms with Crippen LogP contribution in [0.5, 0.6) is 0 Å². The maximum Gasteiger partial charge on any atom is 0.0468 e. The molecule has 0 N–H and O–H groups in total. The summed E-state index contributed by atoms with van der Waals surface area (Å²) in [6.07, 6.45) is 2.00. The smallest absolute Gasteiger partial charge is 0.0468 e. The van der Waals surface area contributed by atoms with Gasteiger partial charge in [-0.2, -0.15) is 0 Å². The van der Waals surface area contributed by atoms with Crippen molar-refractivity contribution in [1.82, 2.24) is 0 Å². The molecule has 1 atom stereocenters. The molecule has 9 rings (SSSR count). The standard InChI is InChI=1S/C47H37NS2/c1-31-13-18-38(19-14-31)48(37-11-7-4-8-12-37)39-20-24-46-43(30-39)40-21-16-34(28-47(40)50-46)27-36(26-33-9-5-3-6-10-33)35-17-23-45-42(29-35)41-25-32(2)15-22-44(41)49-45/h3-25,28-30,36H,26-27H2,1-2H3. The van der Waals surface area contributed by atoms with Gasteiger partial charge in [0.05, 0.1) is 0 Å².